The summed E-state index contributed by atoms with van der Waals surface area (Å²) in [7, 11) is 0. The number of hydrogen-bond donors (Lipinski definition) is 1. The summed E-state index contributed by atoms with van der Waals surface area (Å²) in [6.07, 6.45) is 0. The van der Waals surface area contributed by atoms with Gasteiger partial charge < -0.3 is 9.73 Å². The van der Waals surface area contributed by atoms with E-state index >= 15 is 0 Å². The largest absolute Gasteiger partial charge is 0.457 e. The summed E-state index contributed by atoms with van der Waals surface area (Å²) in [6, 6.07) is 3.73. The molecule has 0 aliphatic carbocycles. The van der Waals surface area contributed by atoms with E-state index in [-0.39, 0.29) is 5.58 Å². The molecule has 0 unspecified atom stereocenters. The van der Waals surface area contributed by atoms with Gasteiger partial charge in [-0.3, -0.25) is 0 Å². The molecule has 0 atom stereocenters. The summed E-state index contributed by atoms with van der Waals surface area (Å²) in [6.45, 7) is 3.28. The van der Waals surface area contributed by atoms with E-state index in [1.54, 1.807) is 6.07 Å². The second kappa shape index (κ2) is 3.98. The number of halogens is 2. The third-order valence-corrected chi connectivity index (χ3v) is 2.14. The molecular formula is C11H11F2NO. The van der Waals surface area contributed by atoms with E-state index < -0.39 is 11.6 Å². The Morgan fingerprint density at radius 1 is 1.27 bits per heavy atom. The fourth-order valence-corrected chi connectivity index (χ4v) is 1.46. The number of hydrogen-bond acceptors (Lipinski definition) is 2. The summed E-state index contributed by atoms with van der Waals surface area (Å²) in [5, 5.41) is 3.51. The molecule has 80 valence electrons. The van der Waals surface area contributed by atoms with E-state index in [4.69, 9.17) is 4.42 Å². The highest BCUT2D eigenvalue weighted by atomic mass is 19.1. The van der Waals surface area contributed by atoms with Gasteiger partial charge in [0.05, 0.1) is 6.54 Å². The Morgan fingerprint density at radius 3 is 2.80 bits per heavy atom. The number of rotatable bonds is 3. The average Bonchev–Trinajstić information content (AvgIpc) is 2.57. The van der Waals surface area contributed by atoms with Gasteiger partial charge in [-0.15, -0.1) is 0 Å². The van der Waals surface area contributed by atoms with Crippen molar-refractivity contribution < 1.29 is 13.2 Å². The minimum absolute atomic E-state index is 0.115. The molecule has 15 heavy (non-hydrogen) atoms. The van der Waals surface area contributed by atoms with E-state index in [1.807, 2.05) is 6.92 Å². The Kier molecular flexibility index (Phi) is 2.68. The lowest BCUT2D eigenvalue weighted by atomic mass is 10.2. The Morgan fingerprint density at radius 2 is 2.07 bits per heavy atom. The van der Waals surface area contributed by atoms with Crippen LogP contribution >= 0.6 is 0 Å². The summed E-state index contributed by atoms with van der Waals surface area (Å²) in [5.74, 6) is -0.639. The fraction of sp³-hybridized carbons (Fsp3) is 0.273. The van der Waals surface area contributed by atoms with Crippen LogP contribution in [-0.2, 0) is 6.54 Å². The van der Waals surface area contributed by atoms with Crippen molar-refractivity contribution in [1.29, 1.82) is 0 Å². The number of nitrogens with one attached hydrogen (secondary N) is 1. The maximum Gasteiger partial charge on any atom is 0.170 e. The lowest BCUT2D eigenvalue weighted by molar-refractivity contribution is 0.496. The van der Waals surface area contributed by atoms with Crippen molar-refractivity contribution in [3.05, 3.63) is 35.6 Å². The molecule has 0 radical (unpaired) electrons. The summed E-state index contributed by atoms with van der Waals surface area (Å²) >= 11 is 0. The van der Waals surface area contributed by atoms with Crippen LogP contribution in [0, 0.1) is 11.6 Å². The smallest absolute Gasteiger partial charge is 0.170 e. The van der Waals surface area contributed by atoms with Crippen molar-refractivity contribution in [2.45, 2.75) is 13.5 Å². The van der Waals surface area contributed by atoms with Crippen LogP contribution in [0.3, 0.4) is 0 Å². The summed E-state index contributed by atoms with van der Waals surface area (Å²) in [5.41, 5.74) is 0.115. The molecule has 1 heterocycles. The van der Waals surface area contributed by atoms with Crippen LogP contribution in [0.1, 0.15) is 12.7 Å². The van der Waals surface area contributed by atoms with E-state index in [0.717, 1.165) is 12.6 Å². The lowest BCUT2D eigenvalue weighted by Crippen LogP contribution is -2.10. The quantitative estimate of drug-likeness (QED) is 0.844. The zero-order valence-electron chi connectivity index (χ0n) is 8.31. The van der Waals surface area contributed by atoms with Gasteiger partial charge in [0.2, 0.25) is 0 Å². The third-order valence-electron chi connectivity index (χ3n) is 2.14. The van der Waals surface area contributed by atoms with E-state index in [2.05, 4.69) is 5.32 Å². The van der Waals surface area contributed by atoms with Gasteiger partial charge in [0.1, 0.15) is 11.6 Å². The van der Waals surface area contributed by atoms with Crippen molar-refractivity contribution in [3.8, 4) is 0 Å². The molecule has 0 spiro atoms. The van der Waals surface area contributed by atoms with Crippen molar-refractivity contribution >= 4 is 11.0 Å². The van der Waals surface area contributed by atoms with Crippen molar-refractivity contribution in [1.82, 2.24) is 5.32 Å². The van der Waals surface area contributed by atoms with Gasteiger partial charge in [0, 0.05) is 11.5 Å². The summed E-state index contributed by atoms with van der Waals surface area (Å²) in [4.78, 5) is 0. The monoisotopic (exact) mass is 211 g/mol. The standard InChI is InChI=1S/C11H11F2NO/c1-2-14-6-9-4-7-3-8(12)5-10(13)11(7)15-9/h3-5,14H,2,6H2,1H3. The van der Waals surface area contributed by atoms with Crippen molar-refractivity contribution in [3.63, 3.8) is 0 Å². The highest BCUT2D eigenvalue weighted by Crippen LogP contribution is 2.23. The molecule has 4 heteroatoms. The zero-order chi connectivity index (χ0) is 10.8. The molecule has 2 rings (SSSR count). The third kappa shape index (κ3) is 1.99. The molecular weight excluding hydrogens is 200 g/mol. The van der Waals surface area contributed by atoms with Crippen LogP contribution in [0.2, 0.25) is 0 Å². The second-order valence-electron chi connectivity index (χ2n) is 3.30. The molecule has 0 amide bonds. The first-order valence-electron chi connectivity index (χ1n) is 4.79. The highest BCUT2D eigenvalue weighted by molar-refractivity contribution is 5.78. The minimum Gasteiger partial charge on any atom is -0.457 e. The van der Waals surface area contributed by atoms with Crippen LogP contribution in [0.5, 0.6) is 0 Å². The molecule has 0 bridgehead atoms. The molecule has 0 aliphatic rings. The van der Waals surface area contributed by atoms with Gasteiger partial charge in [0.15, 0.2) is 11.4 Å². The van der Waals surface area contributed by atoms with E-state index in [9.17, 15) is 8.78 Å². The van der Waals surface area contributed by atoms with Gasteiger partial charge in [-0.05, 0) is 18.7 Å². The molecule has 2 aromatic rings. The number of furan rings is 1. The predicted octanol–water partition coefficient (Wildman–Crippen LogP) is 2.82. The SMILES string of the molecule is CCNCc1cc2cc(F)cc(F)c2o1. The first kappa shape index (κ1) is 10.1. The second-order valence-corrected chi connectivity index (χ2v) is 3.30. The van der Waals surface area contributed by atoms with Gasteiger partial charge in [0.25, 0.3) is 0 Å². The maximum atomic E-state index is 13.2. The van der Waals surface area contributed by atoms with Gasteiger partial charge >= 0.3 is 0 Å². The lowest BCUT2D eigenvalue weighted by Gasteiger charge is -1.95. The Hall–Kier alpha value is -1.42. The van der Waals surface area contributed by atoms with Crippen LogP contribution in [0.25, 0.3) is 11.0 Å². The van der Waals surface area contributed by atoms with Crippen molar-refractivity contribution in [2.24, 2.45) is 0 Å². The molecule has 1 aromatic heterocycles. The van der Waals surface area contributed by atoms with Crippen LogP contribution < -0.4 is 5.32 Å². The predicted molar refractivity (Wildman–Crippen MR) is 53.5 cm³/mol. The zero-order valence-corrected chi connectivity index (χ0v) is 8.31. The van der Waals surface area contributed by atoms with E-state index in [0.29, 0.717) is 17.7 Å². The topological polar surface area (TPSA) is 25.2 Å². The fourth-order valence-electron chi connectivity index (χ4n) is 1.46. The Bertz CT molecular complexity index is 479. The van der Waals surface area contributed by atoms with Gasteiger partial charge in [-0.1, -0.05) is 6.92 Å². The molecule has 1 N–H and O–H groups in total. The summed E-state index contributed by atoms with van der Waals surface area (Å²) < 4.78 is 31.3. The van der Waals surface area contributed by atoms with Crippen molar-refractivity contribution in [2.75, 3.05) is 6.54 Å². The Balaban J connectivity index is 2.41. The molecule has 0 saturated heterocycles. The first-order valence-corrected chi connectivity index (χ1v) is 4.79. The van der Waals surface area contributed by atoms with Gasteiger partial charge in [-0.25, -0.2) is 8.78 Å². The average molecular weight is 211 g/mol. The van der Waals surface area contributed by atoms with Gasteiger partial charge in [-0.2, -0.15) is 0 Å². The van der Waals surface area contributed by atoms with E-state index in [1.165, 1.54) is 6.07 Å². The highest BCUT2D eigenvalue weighted by Gasteiger charge is 2.09. The molecule has 0 aliphatic heterocycles. The normalized spacial score (nSPS) is 11.1. The first-order chi connectivity index (χ1) is 7.20. The minimum atomic E-state index is -0.659. The molecule has 1 aromatic carbocycles. The molecule has 2 nitrogen and oxygen atoms in total. The molecule has 0 fully saturated rings. The van der Waals surface area contributed by atoms with Crippen LogP contribution in [0.4, 0.5) is 8.78 Å². The number of benzene rings is 1. The maximum absolute atomic E-state index is 13.2. The van der Waals surface area contributed by atoms with Crippen LogP contribution in [0.15, 0.2) is 22.6 Å². The number of fused-ring (bicyclic) bond motifs is 1. The molecule has 0 saturated carbocycles. The van der Waals surface area contributed by atoms with Crippen LogP contribution in [-0.4, -0.2) is 6.54 Å². The Labute approximate surface area is 85.9 Å².